The zero-order valence-corrected chi connectivity index (χ0v) is 17.5. The average Bonchev–Trinajstić information content (AvgIpc) is 3.42. The van der Waals surface area contributed by atoms with E-state index in [0.29, 0.717) is 15.8 Å². The molecule has 0 aliphatic heterocycles. The molecule has 1 aliphatic rings. The Hall–Kier alpha value is -1.84. The number of hydrazone groups is 1. The summed E-state index contributed by atoms with van der Waals surface area (Å²) in [6.07, 6.45) is 0.863. The van der Waals surface area contributed by atoms with Crippen molar-refractivity contribution in [3.8, 4) is 0 Å². The first-order valence-corrected chi connectivity index (χ1v) is 9.82. The highest BCUT2D eigenvalue weighted by atomic mass is 35.5. The zero-order chi connectivity index (χ0) is 19.8. The highest BCUT2D eigenvalue weighted by molar-refractivity contribution is 6.42. The molecule has 0 radical (unpaired) electrons. The molecule has 2 atom stereocenters. The monoisotopic (exact) mass is 402 g/mol. The lowest BCUT2D eigenvalue weighted by atomic mass is 9.86. The molecule has 0 heterocycles. The van der Waals surface area contributed by atoms with Gasteiger partial charge in [0.05, 0.1) is 15.8 Å². The van der Waals surface area contributed by atoms with E-state index in [-0.39, 0.29) is 23.2 Å². The summed E-state index contributed by atoms with van der Waals surface area (Å²) in [6.45, 7) is 8.42. The van der Waals surface area contributed by atoms with Crippen molar-refractivity contribution >= 4 is 34.8 Å². The van der Waals surface area contributed by atoms with E-state index in [2.05, 4.69) is 55.6 Å². The molecule has 5 heteroatoms. The molecule has 3 rings (SSSR count). The second-order valence-corrected chi connectivity index (χ2v) is 8.94. The number of nitrogens with one attached hydrogen (secondary N) is 1. The molecule has 0 aromatic heterocycles. The summed E-state index contributed by atoms with van der Waals surface area (Å²) in [4.78, 5) is 12.4. The summed E-state index contributed by atoms with van der Waals surface area (Å²) in [5.41, 5.74) is 6.85. The summed E-state index contributed by atoms with van der Waals surface area (Å²) in [6, 6.07) is 13.9. The first kappa shape index (κ1) is 19.9. The van der Waals surface area contributed by atoms with E-state index < -0.39 is 0 Å². The number of carbonyl (C=O) groups excluding carboxylic acids is 1. The summed E-state index contributed by atoms with van der Waals surface area (Å²) in [5, 5.41) is 5.18. The molecule has 0 saturated heterocycles. The lowest BCUT2D eigenvalue weighted by molar-refractivity contribution is -0.122. The van der Waals surface area contributed by atoms with Crippen LogP contribution in [0.25, 0.3) is 0 Å². The minimum atomic E-state index is -0.0423. The normalized spacial score (nSPS) is 19.7. The van der Waals surface area contributed by atoms with Crippen LogP contribution in [0, 0.1) is 5.92 Å². The molecule has 0 bridgehead atoms. The Balaban J connectivity index is 1.60. The number of rotatable bonds is 4. The zero-order valence-electron chi connectivity index (χ0n) is 16.0. The maximum atomic E-state index is 12.4. The Morgan fingerprint density at radius 3 is 2.33 bits per heavy atom. The van der Waals surface area contributed by atoms with Gasteiger partial charge in [0.1, 0.15) is 0 Å². The molecule has 2 aromatic rings. The Morgan fingerprint density at radius 1 is 1.07 bits per heavy atom. The van der Waals surface area contributed by atoms with Gasteiger partial charge in [0.15, 0.2) is 0 Å². The summed E-state index contributed by atoms with van der Waals surface area (Å²) >= 11 is 12.0. The highest BCUT2D eigenvalue weighted by Gasteiger charge is 2.44. The van der Waals surface area contributed by atoms with Crippen LogP contribution < -0.4 is 5.43 Å². The Bertz CT molecular complexity index is 882. The average molecular weight is 403 g/mol. The van der Waals surface area contributed by atoms with Gasteiger partial charge in [-0.15, -0.1) is 0 Å². The number of hydrogen-bond donors (Lipinski definition) is 1. The maximum Gasteiger partial charge on any atom is 0.243 e. The molecule has 1 saturated carbocycles. The number of nitrogens with zero attached hydrogens (tertiary/aromatic N) is 1. The Morgan fingerprint density at radius 2 is 1.74 bits per heavy atom. The fraction of sp³-hybridized carbons (Fsp3) is 0.364. The molecule has 1 aliphatic carbocycles. The molecular weight excluding hydrogens is 379 g/mol. The van der Waals surface area contributed by atoms with Crippen LogP contribution in [0.2, 0.25) is 10.0 Å². The van der Waals surface area contributed by atoms with E-state index >= 15 is 0 Å². The third kappa shape index (κ3) is 4.72. The van der Waals surface area contributed by atoms with Gasteiger partial charge < -0.3 is 0 Å². The van der Waals surface area contributed by atoms with E-state index in [1.807, 2.05) is 13.0 Å². The molecule has 27 heavy (non-hydrogen) atoms. The largest absolute Gasteiger partial charge is 0.273 e. The number of halogens is 2. The van der Waals surface area contributed by atoms with Crippen molar-refractivity contribution in [2.45, 2.75) is 45.4 Å². The van der Waals surface area contributed by atoms with Gasteiger partial charge in [0, 0.05) is 5.92 Å². The molecule has 142 valence electrons. The maximum absolute atomic E-state index is 12.4. The van der Waals surface area contributed by atoms with Crippen molar-refractivity contribution in [3.63, 3.8) is 0 Å². The van der Waals surface area contributed by atoms with Crippen molar-refractivity contribution in [2.75, 3.05) is 0 Å². The quantitative estimate of drug-likeness (QED) is 0.499. The van der Waals surface area contributed by atoms with Gasteiger partial charge >= 0.3 is 0 Å². The van der Waals surface area contributed by atoms with Crippen LogP contribution in [0.5, 0.6) is 0 Å². The molecule has 1 fully saturated rings. The van der Waals surface area contributed by atoms with Crippen LogP contribution >= 0.6 is 23.2 Å². The van der Waals surface area contributed by atoms with Crippen LogP contribution in [0.1, 0.15) is 56.7 Å². The lowest BCUT2D eigenvalue weighted by Gasteiger charge is -2.19. The van der Waals surface area contributed by atoms with Gasteiger partial charge in [-0.05, 0) is 53.5 Å². The van der Waals surface area contributed by atoms with Gasteiger partial charge in [-0.25, -0.2) is 5.43 Å². The predicted molar refractivity (Wildman–Crippen MR) is 113 cm³/mol. The van der Waals surface area contributed by atoms with Crippen LogP contribution in [-0.2, 0) is 10.2 Å². The Labute approximate surface area is 170 Å². The van der Waals surface area contributed by atoms with Crippen molar-refractivity contribution in [3.05, 3.63) is 69.2 Å². The second kappa shape index (κ2) is 7.65. The molecule has 0 spiro atoms. The number of carbonyl (C=O) groups is 1. The molecule has 0 unspecified atom stereocenters. The van der Waals surface area contributed by atoms with Crippen LogP contribution in [0.3, 0.4) is 0 Å². The van der Waals surface area contributed by atoms with Crippen LogP contribution in [-0.4, -0.2) is 11.6 Å². The van der Waals surface area contributed by atoms with Crippen molar-refractivity contribution in [1.82, 2.24) is 5.43 Å². The topological polar surface area (TPSA) is 41.5 Å². The third-order valence-corrected chi connectivity index (χ3v) is 5.74. The molecular formula is C22H24Cl2N2O. The molecule has 3 nitrogen and oxygen atoms in total. The van der Waals surface area contributed by atoms with Gasteiger partial charge in [-0.2, -0.15) is 5.10 Å². The number of benzene rings is 2. The number of amides is 1. The van der Waals surface area contributed by atoms with E-state index in [4.69, 9.17) is 23.2 Å². The standard InChI is InChI=1S/C22H24Cl2N2O/c1-13(15-7-10-19(23)20(24)11-15)25-26-21(27)18-12-17(18)14-5-8-16(9-6-14)22(2,3)4/h5-11,17-18H,12H2,1-4H3,(H,26,27)/b25-13-/t17-,18+/m0/s1. The summed E-state index contributed by atoms with van der Waals surface area (Å²) in [7, 11) is 0. The first-order valence-electron chi connectivity index (χ1n) is 9.07. The fourth-order valence-corrected chi connectivity index (χ4v) is 3.39. The predicted octanol–water partition coefficient (Wildman–Crippen LogP) is 5.93. The minimum absolute atomic E-state index is 0.0177. The van der Waals surface area contributed by atoms with Gasteiger partial charge in [-0.3, -0.25) is 4.79 Å². The van der Waals surface area contributed by atoms with Crippen molar-refractivity contribution < 1.29 is 4.79 Å². The van der Waals surface area contributed by atoms with E-state index in [1.165, 1.54) is 11.1 Å². The molecule has 2 aromatic carbocycles. The van der Waals surface area contributed by atoms with Crippen molar-refractivity contribution in [1.29, 1.82) is 0 Å². The van der Waals surface area contributed by atoms with Crippen LogP contribution in [0.4, 0.5) is 0 Å². The SMILES string of the molecule is C/C(=N/NC(=O)[C@@H]1C[C@H]1c1ccc(C(C)(C)C)cc1)c1ccc(Cl)c(Cl)c1. The van der Waals surface area contributed by atoms with E-state index in [9.17, 15) is 4.79 Å². The molecule has 1 amide bonds. The van der Waals surface area contributed by atoms with E-state index in [0.717, 1.165) is 12.0 Å². The van der Waals surface area contributed by atoms with Gasteiger partial charge in [-0.1, -0.05) is 74.3 Å². The minimum Gasteiger partial charge on any atom is -0.273 e. The fourth-order valence-electron chi connectivity index (χ4n) is 3.09. The molecule has 1 N–H and O–H groups in total. The lowest BCUT2D eigenvalue weighted by Crippen LogP contribution is -2.21. The van der Waals surface area contributed by atoms with Crippen LogP contribution in [0.15, 0.2) is 47.6 Å². The first-order chi connectivity index (χ1) is 12.7. The van der Waals surface area contributed by atoms with E-state index in [1.54, 1.807) is 12.1 Å². The number of hydrogen-bond acceptors (Lipinski definition) is 2. The van der Waals surface area contributed by atoms with Crippen molar-refractivity contribution in [2.24, 2.45) is 11.0 Å². The third-order valence-electron chi connectivity index (χ3n) is 5.00. The summed E-state index contributed by atoms with van der Waals surface area (Å²) < 4.78 is 0. The van der Waals surface area contributed by atoms with Gasteiger partial charge in [0.25, 0.3) is 0 Å². The smallest absolute Gasteiger partial charge is 0.243 e. The van der Waals surface area contributed by atoms with Gasteiger partial charge in [0.2, 0.25) is 5.91 Å². The Kier molecular flexibility index (Phi) is 5.64. The second-order valence-electron chi connectivity index (χ2n) is 8.12. The summed E-state index contributed by atoms with van der Waals surface area (Å²) in [5.74, 6) is 0.217. The highest BCUT2D eigenvalue weighted by Crippen LogP contribution is 2.47.